The van der Waals surface area contributed by atoms with E-state index < -0.39 is 15.8 Å². The third kappa shape index (κ3) is 3.19. The van der Waals surface area contributed by atoms with Gasteiger partial charge in [0, 0.05) is 43.8 Å². The summed E-state index contributed by atoms with van der Waals surface area (Å²) in [5.74, 6) is -0.699. The van der Waals surface area contributed by atoms with E-state index in [9.17, 15) is 12.8 Å². The first kappa shape index (κ1) is 15.5. The van der Waals surface area contributed by atoms with Crippen molar-refractivity contribution >= 4 is 21.4 Å². The van der Waals surface area contributed by atoms with Gasteiger partial charge in [-0.1, -0.05) is 12.1 Å². The fraction of sp³-hybridized carbons (Fsp3) is 0.357. The molecule has 0 atom stereocenters. The number of benzene rings is 1. The molecule has 0 bridgehead atoms. The monoisotopic (exact) mass is 341 g/mol. The van der Waals surface area contributed by atoms with Crippen LogP contribution in [0, 0.1) is 5.82 Å². The minimum absolute atomic E-state index is 0.245. The van der Waals surface area contributed by atoms with Crippen LogP contribution < -0.4 is 0 Å². The maximum atomic E-state index is 13.7. The molecule has 0 amide bonds. The number of hydrogen-bond donors (Lipinski definition) is 0. The molecule has 1 aromatic carbocycles. The number of aromatic nitrogens is 1. The maximum Gasteiger partial charge on any atom is 0.246 e. The molecule has 1 saturated heterocycles. The van der Waals surface area contributed by atoms with Crippen LogP contribution in [0.4, 0.5) is 4.39 Å². The highest BCUT2D eigenvalue weighted by Crippen LogP contribution is 2.21. The topological polar surface area (TPSA) is 53.5 Å². The Labute approximate surface area is 133 Å². The summed E-state index contributed by atoms with van der Waals surface area (Å²) in [6, 6.07) is 5.51. The third-order valence-corrected chi connectivity index (χ3v) is 6.34. The van der Waals surface area contributed by atoms with Crippen molar-refractivity contribution in [2.45, 2.75) is 11.4 Å². The molecule has 2 heterocycles. The van der Waals surface area contributed by atoms with Crippen molar-refractivity contribution in [1.82, 2.24) is 14.2 Å². The van der Waals surface area contributed by atoms with Gasteiger partial charge >= 0.3 is 0 Å². The summed E-state index contributed by atoms with van der Waals surface area (Å²) >= 11 is 1.59. The molecular formula is C14H16FN3O2S2. The van der Waals surface area contributed by atoms with Crippen molar-refractivity contribution in [3.63, 3.8) is 0 Å². The predicted molar refractivity (Wildman–Crippen MR) is 82.5 cm³/mol. The van der Waals surface area contributed by atoms with E-state index >= 15 is 0 Å². The van der Waals surface area contributed by atoms with E-state index in [-0.39, 0.29) is 4.90 Å². The highest BCUT2D eigenvalue weighted by Gasteiger charge is 2.30. The van der Waals surface area contributed by atoms with Gasteiger partial charge in [0.25, 0.3) is 0 Å². The highest BCUT2D eigenvalue weighted by atomic mass is 32.2. The Morgan fingerprint density at radius 2 is 1.91 bits per heavy atom. The average Bonchev–Trinajstić information content (AvgIpc) is 3.01. The molecule has 1 fully saturated rings. The van der Waals surface area contributed by atoms with Gasteiger partial charge < -0.3 is 0 Å². The van der Waals surface area contributed by atoms with E-state index in [1.807, 2.05) is 6.20 Å². The average molecular weight is 341 g/mol. The maximum absolute atomic E-state index is 13.7. The van der Waals surface area contributed by atoms with E-state index in [0.717, 1.165) is 11.4 Å². The quantitative estimate of drug-likeness (QED) is 0.851. The summed E-state index contributed by atoms with van der Waals surface area (Å²) < 4.78 is 40.1. The van der Waals surface area contributed by atoms with Crippen molar-refractivity contribution < 1.29 is 12.8 Å². The molecule has 1 aliphatic heterocycles. The zero-order valence-corrected chi connectivity index (χ0v) is 13.5. The second kappa shape index (κ2) is 6.41. The molecule has 0 radical (unpaired) electrons. The first-order chi connectivity index (χ1) is 10.6. The zero-order chi connectivity index (χ0) is 15.6. The fourth-order valence-corrected chi connectivity index (χ4v) is 4.58. The van der Waals surface area contributed by atoms with Crippen LogP contribution in [0.2, 0.25) is 0 Å². The molecular weight excluding hydrogens is 325 g/mol. The summed E-state index contributed by atoms with van der Waals surface area (Å²) in [6.45, 7) is 2.78. The fourth-order valence-electron chi connectivity index (χ4n) is 2.46. The van der Waals surface area contributed by atoms with Crippen LogP contribution in [0.5, 0.6) is 0 Å². The largest absolute Gasteiger partial charge is 0.296 e. The van der Waals surface area contributed by atoms with Crippen molar-refractivity contribution in [3.05, 3.63) is 46.7 Å². The third-order valence-electron chi connectivity index (χ3n) is 3.65. The zero-order valence-electron chi connectivity index (χ0n) is 11.9. The Hall–Kier alpha value is -1.35. The Bertz CT molecular complexity index is 726. The number of piperazine rings is 1. The van der Waals surface area contributed by atoms with Crippen molar-refractivity contribution in [1.29, 1.82) is 0 Å². The summed E-state index contributed by atoms with van der Waals surface area (Å²) in [7, 11) is -3.76. The van der Waals surface area contributed by atoms with Crippen LogP contribution in [-0.2, 0) is 16.6 Å². The van der Waals surface area contributed by atoms with Crippen molar-refractivity contribution in [2.24, 2.45) is 0 Å². The summed E-state index contributed by atoms with van der Waals surface area (Å²) in [5.41, 5.74) is 1.79. The van der Waals surface area contributed by atoms with Gasteiger partial charge in [-0.05, 0) is 12.1 Å². The smallest absolute Gasteiger partial charge is 0.246 e. The molecule has 8 heteroatoms. The normalized spacial score (nSPS) is 17.7. The minimum Gasteiger partial charge on any atom is -0.296 e. The molecule has 3 rings (SSSR count). The second-order valence-electron chi connectivity index (χ2n) is 5.08. The van der Waals surface area contributed by atoms with Gasteiger partial charge in [0.15, 0.2) is 0 Å². The van der Waals surface area contributed by atoms with E-state index in [2.05, 4.69) is 9.88 Å². The van der Waals surface area contributed by atoms with Crippen LogP contribution in [-0.4, -0.2) is 48.8 Å². The van der Waals surface area contributed by atoms with E-state index in [4.69, 9.17) is 0 Å². The summed E-state index contributed by atoms with van der Waals surface area (Å²) in [4.78, 5) is 7.13. The first-order valence-corrected chi connectivity index (χ1v) is 9.24. The molecule has 0 aliphatic carbocycles. The Morgan fingerprint density at radius 3 is 2.55 bits per heavy atom. The molecule has 22 heavy (non-hydrogen) atoms. The van der Waals surface area contributed by atoms with Crippen LogP contribution in [0.15, 0.2) is 40.9 Å². The minimum atomic E-state index is -3.76. The molecule has 118 valence electrons. The number of thiazole rings is 1. The molecule has 0 N–H and O–H groups in total. The lowest BCUT2D eigenvalue weighted by atomic mass is 10.3. The lowest BCUT2D eigenvalue weighted by Crippen LogP contribution is -2.48. The summed E-state index contributed by atoms with van der Waals surface area (Å²) in [5, 5.41) is 0. The number of hydrogen-bond acceptors (Lipinski definition) is 5. The van der Waals surface area contributed by atoms with Crippen LogP contribution in [0.1, 0.15) is 4.88 Å². The lowest BCUT2D eigenvalue weighted by molar-refractivity contribution is 0.182. The molecule has 5 nitrogen and oxygen atoms in total. The molecule has 0 saturated carbocycles. The number of sulfonamides is 1. The Balaban J connectivity index is 1.67. The van der Waals surface area contributed by atoms with Gasteiger partial charge in [0.05, 0.1) is 5.51 Å². The standard InChI is InChI=1S/C14H16FN3O2S2/c15-13-3-1-2-4-14(13)22(19,20)18-7-5-17(6-8-18)10-12-9-16-11-21-12/h1-4,9,11H,5-8,10H2. The van der Waals surface area contributed by atoms with E-state index in [1.165, 1.54) is 28.6 Å². The van der Waals surface area contributed by atoms with E-state index in [1.54, 1.807) is 16.8 Å². The van der Waals surface area contributed by atoms with Gasteiger partial charge in [-0.25, -0.2) is 12.8 Å². The van der Waals surface area contributed by atoms with Crippen molar-refractivity contribution in [2.75, 3.05) is 26.2 Å². The van der Waals surface area contributed by atoms with Gasteiger partial charge in [-0.3, -0.25) is 9.88 Å². The molecule has 0 spiro atoms. The van der Waals surface area contributed by atoms with Crippen LogP contribution >= 0.6 is 11.3 Å². The van der Waals surface area contributed by atoms with Gasteiger partial charge in [0.2, 0.25) is 10.0 Å². The van der Waals surface area contributed by atoms with Gasteiger partial charge in [-0.2, -0.15) is 4.31 Å². The predicted octanol–water partition coefficient (Wildman–Crippen LogP) is 1.79. The van der Waals surface area contributed by atoms with Crippen LogP contribution in [0.25, 0.3) is 0 Å². The lowest BCUT2D eigenvalue weighted by Gasteiger charge is -2.33. The number of rotatable bonds is 4. The Morgan fingerprint density at radius 1 is 1.18 bits per heavy atom. The van der Waals surface area contributed by atoms with Crippen molar-refractivity contribution in [3.8, 4) is 0 Å². The number of nitrogens with zero attached hydrogens (tertiary/aromatic N) is 3. The van der Waals surface area contributed by atoms with Crippen LogP contribution in [0.3, 0.4) is 0 Å². The SMILES string of the molecule is O=S(=O)(c1ccccc1F)N1CCN(Cc2cncs2)CC1. The number of halogens is 1. The van der Waals surface area contributed by atoms with Gasteiger partial charge in [-0.15, -0.1) is 11.3 Å². The molecule has 1 aliphatic rings. The van der Waals surface area contributed by atoms with Gasteiger partial charge in [0.1, 0.15) is 10.7 Å². The summed E-state index contributed by atoms with van der Waals surface area (Å²) in [6.07, 6.45) is 1.83. The molecule has 1 aromatic heterocycles. The van der Waals surface area contributed by atoms with E-state index in [0.29, 0.717) is 26.2 Å². The Kier molecular flexibility index (Phi) is 4.53. The first-order valence-electron chi connectivity index (χ1n) is 6.92. The highest BCUT2D eigenvalue weighted by molar-refractivity contribution is 7.89. The second-order valence-corrected chi connectivity index (χ2v) is 7.96. The molecule has 2 aromatic rings. The molecule has 0 unspecified atom stereocenters.